The van der Waals surface area contributed by atoms with E-state index in [0.717, 1.165) is 5.56 Å². The van der Waals surface area contributed by atoms with Gasteiger partial charge in [0.1, 0.15) is 0 Å². The molecule has 0 aliphatic carbocycles. The molecule has 0 saturated heterocycles. The monoisotopic (exact) mass is 268 g/mol. The highest BCUT2D eigenvalue weighted by atomic mass is 16.5. The third kappa shape index (κ3) is 4.03. The summed E-state index contributed by atoms with van der Waals surface area (Å²) in [6.45, 7) is 0.682. The van der Waals surface area contributed by atoms with E-state index >= 15 is 0 Å². The molecule has 1 amide bonds. The third-order valence-electron chi connectivity index (χ3n) is 2.55. The number of ether oxygens (including phenoxy) is 3. The first kappa shape index (κ1) is 15.1. The predicted molar refractivity (Wildman–Crippen MR) is 71.9 cm³/mol. The first-order valence-corrected chi connectivity index (χ1v) is 5.86. The van der Waals surface area contributed by atoms with Crippen molar-refractivity contribution in [2.24, 2.45) is 0 Å². The number of hydrogen-bond acceptors (Lipinski definition) is 5. The van der Waals surface area contributed by atoms with Crippen LogP contribution in [0, 0.1) is 0 Å². The summed E-state index contributed by atoms with van der Waals surface area (Å²) in [6, 6.07) is 3.61. The Labute approximate surface area is 113 Å². The van der Waals surface area contributed by atoms with E-state index in [9.17, 15) is 4.79 Å². The Morgan fingerprint density at radius 1 is 1.11 bits per heavy atom. The zero-order chi connectivity index (χ0) is 14.3. The molecule has 0 unspecified atom stereocenters. The van der Waals surface area contributed by atoms with Crippen molar-refractivity contribution in [2.45, 2.75) is 6.54 Å². The van der Waals surface area contributed by atoms with Gasteiger partial charge in [0.2, 0.25) is 11.7 Å². The third-order valence-corrected chi connectivity index (χ3v) is 2.55. The second-order valence-corrected chi connectivity index (χ2v) is 3.84. The summed E-state index contributed by atoms with van der Waals surface area (Å²) in [6.07, 6.45) is 0. The molecule has 1 aromatic rings. The average molecular weight is 268 g/mol. The second-order valence-electron chi connectivity index (χ2n) is 3.84. The van der Waals surface area contributed by atoms with Crippen molar-refractivity contribution in [1.82, 2.24) is 10.6 Å². The van der Waals surface area contributed by atoms with E-state index in [4.69, 9.17) is 14.2 Å². The lowest BCUT2D eigenvalue weighted by Gasteiger charge is -2.14. The van der Waals surface area contributed by atoms with Crippen LogP contribution in [-0.2, 0) is 11.3 Å². The van der Waals surface area contributed by atoms with Crippen LogP contribution in [0.1, 0.15) is 5.56 Å². The van der Waals surface area contributed by atoms with Gasteiger partial charge >= 0.3 is 0 Å². The zero-order valence-electron chi connectivity index (χ0n) is 11.7. The fraction of sp³-hybridized carbons (Fsp3) is 0.462. The van der Waals surface area contributed by atoms with E-state index in [2.05, 4.69) is 10.6 Å². The number of carbonyl (C=O) groups excluding carboxylic acids is 1. The van der Waals surface area contributed by atoms with E-state index in [1.54, 1.807) is 40.5 Å². The molecule has 0 fully saturated rings. The minimum atomic E-state index is -0.0729. The SMILES string of the molecule is CNCC(=O)NCc1cc(OC)c(OC)c(OC)c1. The Morgan fingerprint density at radius 2 is 1.68 bits per heavy atom. The van der Waals surface area contributed by atoms with Gasteiger partial charge in [-0.05, 0) is 24.7 Å². The van der Waals surface area contributed by atoms with Gasteiger partial charge in [-0.3, -0.25) is 4.79 Å². The van der Waals surface area contributed by atoms with E-state index in [1.807, 2.05) is 0 Å². The van der Waals surface area contributed by atoms with Gasteiger partial charge in [0.05, 0.1) is 27.9 Å². The minimum absolute atomic E-state index is 0.0729. The number of methoxy groups -OCH3 is 3. The summed E-state index contributed by atoms with van der Waals surface area (Å²) in [4.78, 5) is 11.4. The number of hydrogen-bond donors (Lipinski definition) is 2. The topological polar surface area (TPSA) is 68.8 Å². The van der Waals surface area contributed by atoms with Crippen LogP contribution in [-0.4, -0.2) is 40.8 Å². The van der Waals surface area contributed by atoms with E-state index in [-0.39, 0.29) is 12.5 Å². The summed E-state index contributed by atoms with van der Waals surface area (Å²) in [5.74, 6) is 1.60. The van der Waals surface area contributed by atoms with Gasteiger partial charge in [-0.25, -0.2) is 0 Å². The maximum Gasteiger partial charge on any atom is 0.234 e. The Bertz CT molecular complexity index is 410. The van der Waals surface area contributed by atoms with Crippen molar-refractivity contribution < 1.29 is 19.0 Å². The molecule has 0 aromatic heterocycles. The zero-order valence-corrected chi connectivity index (χ0v) is 11.7. The van der Waals surface area contributed by atoms with Gasteiger partial charge in [-0.1, -0.05) is 0 Å². The van der Waals surface area contributed by atoms with Crippen molar-refractivity contribution in [3.8, 4) is 17.2 Å². The number of benzene rings is 1. The number of nitrogens with one attached hydrogen (secondary N) is 2. The second kappa shape index (κ2) is 7.48. The first-order valence-electron chi connectivity index (χ1n) is 5.86. The molecule has 2 N–H and O–H groups in total. The van der Waals surface area contributed by atoms with E-state index in [0.29, 0.717) is 23.8 Å². The standard InChI is InChI=1S/C13H20N2O4/c1-14-8-12(16)15-7-9-5-10(17-2)13(19-4)11(6-9)18-3/h5-6,14H,7-8H2,1-4H3,(H,15,16). The fourth-order valence-electron chi connectivity index (χ4n) is 1.66. The maximum absolute atomic E-state index is 11.4. The molecular formula is C13H20N2O4. The van der Waals surface area contributed by atoms with Crippen LogP contribution in [0.25, 0.3) is 0 Å². The summed E-state index contributed by atoms with van der Waals surface area (Å²) in [7, 11) is 6.38. The Kier molecular flexibility index (Phi) is 5.95. The fourth-order valence-corrected chi connectivity index (χ4v) is 1.66. The predicted octanol–water partition coefficient (Wildman–Crippen LogP) is 0.548. The molecule has 0 aliphatic rings. The normalized spacial score (nSPS) is 9.89. The van der Waals surface area contributed by atoms with Gasteiger partial charge in [-0.15, -0.1) is 0 Å². The van der Waals surface area contributed by atoms with Crippen LogP contribution in [0.3, 0.4) is 0 Å². The van der Waals surface area contributed by atoms with Crippen molar-refractivity contribution in [1.29, 1.82) is 0 Å². The largest absolute Gasteiger partial charge is 0.493 e. The molecule has 6 nitrogen and oxygen atoms in total. The van der Waals surface area contributed by atoms with Gasteiger partial charge < -0.3 is 24.8 Å². The molecular weight excluding hydrogens is 248 g/mol. The Morgan fingerprint density at radius 3 is 2.11 bits per heavy atom. The van der Waals surface area contributed by atoms with Crippen molar-refractivity contribution in [3.63, 3.8) is 0 Å². The van der Waals surface area contributed by atoms with Crippen LogP contribution in [0.5, 0.6) is 17.2 Å². The molecule has 6 heteroatoms. The van der Waals surface area contributed by atoms with Crippen LogP contribution in [0.15, 0.2) is 12.1 Å². The summed E-state index contributed by atoms with van der Waals surface area (Å²) in [5, 5.41) is 5.57. The number of amides is 1. The van der Waals surface area contributed by atoms with Gasteiger partial charge in [-0.2, -0.15) is 0 Å². The minimum Gasteiger partial charge on any atom is -0.493 e. The molecule has 0 bridgehead atoms. The summed E-state index contributed by atoms with van der Waals surface area (Å²) < 4.78 is 15.7. The van der Waals surface area contributed by atoms with Gasteiger partial charge in [0, 0.05) is 6.54 Å². The molecule has 0 spiro atoms. The summed E-state index contributed by atoms with van der Waals surface area (Å²) >= 11 is 0. The average Bonchev–Trinajstić information content (AvgIpc) is 2.44. The van der Waals surface area contributed by atoms with E-state index < -0.39 is 0 Å². The maximum atomic E-state index is 11.4. The Hall–Kier alpha value is -1.95. The van der Waals surface area contributed by atoms with Crippen LogP contribution in [0.4, 0.5) is 0 Å². The van der Waals surface area contributed by atoms with Crippen LogP contribution < -0.4 is 24.8 Å². The highest BCUT2D eigenvalue weighted by molar-refractivity contribution is 5.78. The molecule has 0 saturated carbocycles. The quantitative estimate of drug-likeness (QED) is 0.756. The Balaban J connectivity index is 2.87. The lowest BCUT2D eigenvalue weighted by molar-refractivity contribution is -0.120. The number of rotatable bonds is 7. The molecule has 19 heavy (non-hydrogen) atoms. The van der Waals surface area contributed by atoms with Gasteiger partial charge in [0.25, 0.3) is 0 Å². The van der Waals surface area contributed by atoms with Crippen molar-refractivity contribution in [2.75, 3.05) is 34.9 Å². The van der Waals surface area contributed by atoms with Crippen molar-refractivity contribution in [3.05, 3.63) is 17.7 Å². The molecule has 0 atom stereocenters. The molecule has 0 aliphatic heterocycles. The molecule has 1 rings (SSSR count). The highest BCUT2D eigenvalue weighted by Crippen LogP contribution is 2.38. The van der Waals surface area contributed by atoms with Crippen LogP contribution in [0.2, 0.25) is 0 Å². The van der Waals surface area contributed by atoms with Crippen molar-refractivity contribution >= 4 is 5.91 Å². The molecule has 1 aromatic carbocycles. The van der Waals surface area contributed by atoms with Crippen LogP contribution >= 0.6 is 0 Å². The highest BCUT2D eigenvalue weighted by Gasteiger charge is 2.13. The summed E-state index contributed by atoms with van der Waals surface area (Å²) in [5.41, 5.74) is 0.874. The van der Waals surface area contributed by atoms with E-state index in [1.165, 1.54) is 0 Å². The van der Waals surface area contributed by atoms with Gasteiger partial charge in [0.15, 0.2) is 11.5 Å². The smallest absolute Gasteiger partial charge is 0.234 e. The number of likely N-dealkylation sites (N-methyl/N-ethyl adjacent to an activating group) is 1. The molecule has 106 valence electrons. The lowest BCUT2D eigenvalue weighted by Crippen LogP contribution is -2.31. The molecule has 0 heterocycles. The lowest BCUT2D eigenvalue weighted by atomic mass is 10.1. The first-order chi connectivity index (χ1) is 9.15. The molecule has 0 radical (unpaired) electrons. The number of carbonyl (C=O) groups is 1.